The topological polar surface area (TPSA) is 40.6 Å². The molecule has 0 fully saturated rings. The Morgan fingerprint density at radius 2 is 1.81 bits per heavy atom. The van der Waals surface area contributed by atoms with Gasteiger partial charge in [-0.3, -0.25) is 9.59 Å². The van der Waals surface area contributed by atoms with Crippen LogP contribution in [-0.2, 0) is 17.6 Å². The average Bonchev–Trinajstić information content (AvgIpc) is 3.39. The minimum atomic E-state index is -0.170. The van der Waals surface area contributed by atoms with Crippen LogP contribution >= 0.6 is 22.9 Å². The second kappa shape index (κ2) is 12.1. The van der Waals surface area contributed by atoms with Crippen LogP contribution in [0.25, 0.3) is 0 Å². The van der Waals surface area contributed by atoms with Gasteiger partial charge >= 0.3 is 0 Å². The fraction of sp³-hybridized carbons (Fsp3) is 0.400. The number of fused-ring (bicyclic) bond motifs is 1. The quantitative estimate of drug-likeness (QED) is 0.299. The largest absolute Gasteiger partial charge is 0.330 e. The van der Waals surface area contributed by atoms with Crippen molar-refractivity contribution in [2.45, 2.75) is 65.0 Å². The SMILES string of the molecule is CCCCc1ccc(C(=O)N(CC(=O)N2CCc3sccc3[C@@H]2c2ccc(Cl)cc2)[C@@H](C)CC)cc1. The van der Waals surface area contributed by atoms with Gasteiger partial charge in [0, 0.05) is 28.0 Å². The molecule has 2 atom stereocenters. The van der Waals surface area contributed by atoms with E-state index in [-0.39, 0.29) is 30.4 Å². The van der Waals surface area contributed by atoms with Gasteiger partial charge < -0.3 is 9.80 Å². The number of carbonyl (C=O) groups excluding carboxylic acids is 2. The number of rotatable bonds is 9. The number of hydrogen-bond acceptors (Lipinski definition) is 3. The van der Waals surface area contributed by atoms with E-state index in [0.717, 1.165) is 37.7 Å². The molecular weight excluding hydrogens is 488 g/mol. The molecule has 2 amide bonds. The van der Waals surface area contributed by atoms with E-state index in [1.807, 2.05) is 60.4 Å². The van der Waals surface area contributed by atoms with E-state index >= 15 is 0 Å². The first-order chi connectivity index (χ1) is 17.4. The molecule has 0 saturated heterocycles. The molecule has 0 aliphatic carbocycles. The molecule has 0 bridgehead atoms. The van der Waals surface area contributed by atoms with Crippen LogP contribution in [0, 0.1) is 0 Å². The lowest BCUT2D eigenvalue weighted by molar-refractivity contribution is -0.134. The zero-order valence-electron chi connectivity index (χ0n) is 21.4. The Bertz CT molecular complexity index is 1170. The second-order valence-corrected chi connectivity index (χ2v) is 11.0. The number of unbranched alkanes of at least 4 members (excludes halogenated alkanes) is 1. The van der Waals surface area contributed by atoms with Crippen LogP contribution in [0.3, 0.4) is 0 Å². The molecule has 36 heavy (non-hydrogen) atoms. The van der Waals surface area contributed by atoms with Crippen molar-refractivity contribution >= 4 is 34.8 Å². The summed E-state index contributed by atoms with van der Waals surface area (Å²) >= 11 is 7.90. The summed E-state index contributed by atoms with van der Waals surface area (Å²) in [4.78, 5) is 32.4. The third-order valence-electron chi connectivity index (χ3n) is 7.18. The predicted molar refractivity (Wildman–Crippen MR) is 149 cm³/mol. The Balaban J connectivity index is 1.58. The van der Waals surface area contributed by atoms with Gasteiger partial charge in [-0.25, -0.2) is 0 Å². The van der Waals surface area contributed by atoms with Crippen LogP contribution in [-0.4, -0.2) is 40.7 Å². The van der Waals surface area contributed by atoms with Gasteiger partial charge in [0.05, 0.1) is 6.04 Å². The molecule has 2 aromatic carbocycles. The highest BCUT2D eigenvalue weighted by Gasteiger charge is 2.34. The highest BCUT2D eigenvalue weighted by atomic mass is 35.5. The number of hydrogen-bond donors (Lipinski definition) is 0. The Kier molecular flexibility index (Phi) is 8.86. The van der Waals surface area contributed by atoms with Crippen LogP contribution in [0.2, 0.25) is 5.02 Å². The molecule has 1 aromatic heterocycles. The van der Waals surface area contributed by atoms with E-state index < -0.39 is 0 Å². The maximum Gasteiger partial charge on any atom is 0.254 e. The molecule has 0 spiro atoms. The van der Waals surface area contributed by atoms with E-state index in [9.17, 15) is 9.59 Å². The fourth-order valence-electron chi connectivity index (χ4n) is 4.84. The van der Waals surface area contributed by atoms with Gasteiger partial charge in [0.1, 0.15) is 6.54 Å². The minimum absolute atomic E-state index is 0.0278. The molecule has 1 aliphatic heterocycles. The van der Waals surface area contributed by atoms with Crippen LogP contribution in [0.5, 0.6) is 0 Å². The maximum atomic E-state index is 13.8. The van der Waals surface area contributed by atoms with Crippen LogP contribution in [0.4, 0.5) is 0 Å². The predicted octanol–water partition coefficient (Wildman–Crippen LogP) is 7.16. The molecule has 4 nitrogen and oxygen atoms in total. The van der Waals surface area contributed by atoms with Crippen LogP contribution < -0.4 is 0 Å². The van der Waals surface area contributed by atoms with Crippen molar-refractivity contribution in [2.75, 3.05) is 13.1 Å². The van der Waals surface area contributed by atoms with Gasteiger partial charge in [-0.05, 0) is 85.0 Å². The molecule has 1 aliphatic rings. The Hall–Kier alpha value is -2.63. The van der Waals surface area contributed by atoms with Gasteiger partial charge in [0.25, 0.3) is 5.91 Å². The van der Waals surface area contributed by atoms with E-state index in [1.54, 1.807) is 16.2 Å². The summed E-state index contributed by atoms with van der Waals surface area (Å²) in [5.74, 6) is -0.115. The molecule has 0 radical (unpaired) electrons. The maximum absolute atomic E-state index is 13.8. The zero-order valence-corrected chi connectivity index (χ0v) is 22.9. The first kappa shape index (κ1) is 26.4. The molecule has 4 rings (SSSR count). The number of thiophene rings is 1. The van der Waals surface area contributed by atoms with Crippen LogP contribution in [0.1, 0.15) is 78.0 Å². The molecule has 6 heteroatoms. The summed E-state index contributed by atoms with van der Waals surface area (Å²) in [7, 11) is 0. The molecule has 2 heterocycles. The third kappa shape index (κ3) is 5.84. The Labute approximate surface area is 223 Å². The summed E-state index contributed by atoms with van der Waals surface area (Å²) in [5, 5.41) is 2.77. The van der Waals surface area contributed by atoms with Crippen molar-refractivity contribution in [2.24, 2.45) is 0 Å². The van der Waals surface area contributed by atoms with Crippen molar-refractivity contribution in [3.63, 3.8) is 0 Å². The van der Waals surface area contributed by atoms with Gasteiger partial charge in [-0.15, -0.1) is 11.3 Å². The average molecular weight is 523 g/mol. The number of amides is 2. The third-order valence-corrected chi connectivity index (χ3v) is 8.43. The molecule has 0 saturated carbocycles. The van der Waals surface area contributed by atoms with Gasteiger partial charge in [-0.2, -0.15) is 0 Å². The van der Waals surface area contributed by atoms with E-state index in [2.05, 4.69) is 25.3 Å². The molecular formula is C30H35ClN2O2S. The highest BCUT2D eigenvalue weighted by molar-refractivity contribution is 7.10. The Morgan fingerprint density at radius 3 is 2.47 bits per heavy atom. The van der Waals surface area contributed by atoms with Gasteiger partial charge in [-0.1, -0.05) is 56.1 Å². The van der Waals surface area contributed by atoms with Crippen molar-refractivity contribution in [1.82, 2.24) is 9.80 Å². The lowest BCUT2D eigenvalue weighted by Gasteiger charge is -2.38. The van der Waals surface area contributed by atoms with Crippen molar-refractivity contribution in [3.05, 3.63) is 92.1 Å². The number of benzene rings is 2. The number of halogens is 1. The number of carbonyl (C=O) groups is 2. The summed E-state index contributed by atoms with van der Waals surface area (Å²) in [6, 6.07) is 17.5. The monoisotopic (exact) mass is 522 g/mol. The summed E-state index contributed by atoms with van der Waals surface area (Å²) < 4.78 is 0. The summed E-state index contributed by atoms with van der Waals surface area (Å²) in [6.45, 7) is 6.95. The van der Waals surface area contributed by atoms with Crippen LogP contribution in [0.15, 0.2) is 60.0 Å². The highest BCUT2D eigenvalue weighted by Crippen LogP contribution is 2.38. The Morgan fingerprint density at radius 1 is 1.08 bits per heavy atom. The van der Waals surface area contributed by atoms with Crippen molar-refractivity contribution in [3.8, 4) is 0 Å². The van der Waals surface area contributed by atoms with E-state index in [0.29, 0.717) is 17.1 Å². The fourth-order valence-corrected chi connectivity index (χ4v) is 5.86. The van der Waals surface area contributed by atoms with E-state index in [1.165, 1.54) is 16.0 Å². The van der Waals surface area contributed by atoms with Crippen molar-refractivity contribution in [1.29, 1.82) is 0 Å². The number of aryl methyl sites for hydroxylation is 1. The normalized spacial score (nSPS) is 15.9. The zero-order chi connectivity index (χ0) is 25.7. The molecule has 0 N–H and O–H groups in total. The molecule has 190 valence electrons. The minimum Gasteiger partial charge on any atom is -0.330 e. The van der Waals surface area contributed by atoms with Gasteiger partial charge in [0.2, 0.25) is 5.91 Å². The van der Waals surface area contributed by atoms with E-state index in [4.69, 9.17) is 11.6 Å². The number of nitrogens with zero attached hydrogens (tertiary/aromatic N) is 2. The summed E-state index contributed by atoms with van der Waals surface area (Å²) in [6.07, 6.45) is 4.91. The summed E-state index contributed by atoms with van der Waals surface area (Å²) in [5.41, 5.74) is 4.09. The smallest absolute Gasteiger partial charge is 0.254 e. The second-order valence-electron chi connectivity index (χ2n) is 9.58. The standard InChI is InChI=1S/C30H35ClN2O2S/c1-4-6-7-22-8-10-24(11-9-22)30(35)33(21(3)5-2)20-28(34)32-18-16-27-26(17-19-36-27)29(32)23-12-14-25(31)15-13-23/h8-15,17,19,21,29H,4-7,16,18,20H2,1-3H3/t21-,29-/m0/s1. The molecule has 0 unspecified atom stereocenters. The lowest BCUT2D eigenvalue weighted by Crippen LogP contribution is -2.49. The van der Waals surface area contributed by atoms with Crippen molar-refractivity contribution < 1.29 is 9.59 Å². The van der Waals surface area contributed by atoms with Gasteiger partial charge in [0.15, 0.2) is 0 Å². The molecule has 3 aromatic rings. The lowest BCUT2D eigenvalue weighted by atomic mass is 9.93. The first-order valence-electron chi connectivity index (χ1n) is 12.9. The first-order valence-corrected chi connectivity index (χ1v) is 14.2.